The van der Waals surface area contributed by atoms with Crippen molar-refractivity contribution in [2.24, 2.45) is 0 Å². The quantitative estimate of drug-likeness (QED) is 0.459. The average molecular weight is 473 g/mol. The van der Waals surface area contributed by atoms with Gasteiger partial charge < -0.3 is 10.2 Å². The molecule has 2 aliphatic rings. The van der Waals surface area contributed by atoms with E-state index in [4.69, 9.17) is 0 Å². The van der Waals surface area contributed by atoms with Crippen LogP contribution in [-0.4, -0.2) is 66.1 Å². The summed E-state index contributed by atoms with van der Waals surface area (Å²) in [5.41, 5.74) is 0. The van der Waals surface area contributed by atoms with E-state index in [0.29, 0.717) is 32.9 Å². The van der Waals surface area contributed by atoms with Gasteiger partial charge in [0.05, 0.1) is 30.8 Å². The van der Waals surface area contributed by atoms with Crippen molar-refractivity contribution in [3.63, 3.8) is 0 Å². The average Bonchev–Trinajstić information content (AvgIpc) is 3.36. The van der Waals surface area contributed by atoms with Crippen molar-refractivity contribution >= 4 is 81.9 Å². The molecule has 2 N–H and O–H groups in total. The second-order valence-corrected chi connectivity index (χ2v) is 15.7. The number of aliphatic hydroxyl groups excluding tert-OH is 2. The molecule has 0 radical (unpaired) electrons. The largest absolute Gasteiger partial charge is 0.395 e. The monoisotopic (exact) mass is 472 g/mol. The molecule has 142 valence electrons. The van der Waals surface area contributed by atoms with Gasteiger partial charge in [-0.1, -0.05) is 0 Å². The molecule has 9 heteroatoms. The number of thioether (sulfide) groups is 6. The lowest BCUT2D eigenvalue weighted by atomic mass is 10.5. The van der Waals surface area contributed by atoms with Crippen LogP contribution in [0.2, 0.25) is 0 Å². The first-order valence-electron chi connectivity index (χ1n) is 8.38. The molecule has 1 aromatic heterocycles. The molecule has 3 heterocycles. The Morgan fingerprint density at radius 3 is 1.72 bits per heavy atom. The highest BCUT2D eigenvalue weighted by atomic mass is 32.2. The SMILES string of the molecule is OCC1CSC(CCSc2ccc(SCCC3SCC(CO)S3)s2)S1. The van der Waals surface area contributed by atoms with Crippen LogP contribution < -0.4 is 0 Å². The summed E-state index contributed by atoms with van der Waals surface area (Å²) in [5.74, 6) is 4.55. The van der Waals surface area contributed by atoms with Crippen LogP contribution in [0.15, 0.2) is 20.6 Å². The highest BCUT2D eigenvalue weighted by Gasteiger charge is 2.25. The van der Waals surface area contributed by atoms with E-state index in [0.717, 1.165) is 11.5 Å². The minimum atomic E-state index is 0.325. The zero-order chi connectivity index (χ0) is 17.5. The summed E-state index contributed by atoms with van der Waals surface area (Å²) < 4.78 is 4.20. The first kappa shape index (κ1) is 21.4. The lowest BCUT2D eigenvalue weighted by Crippen LogP contribution is -2.06. The van der Waals surface area contributed by atoms with Gasteiger partial charge in [-0.15, -0.1) is 81.9 Å². The molecule has 0 amide bonds. The maximum Gasteiger partial charge on any atom is 0.0610 e. The van der Waals surface area contributed by atoms with E-state index < -0.39 is 0 Å². The molecule has 1 aromatic rings. The van der Waals surface area contributed by atoms with Crippen LogP contribution >= 0.6 is 81.9 Å². The smallest absolute Gasteiger partial charge is 0.0610 e. The van der Waals surface area contributed by atoms with Gasteiger partial charge in [0, 0.05) is 33.5 Å². The van der Waals surface area contributed by atoms with Crippen LogP contribution in [0.4, 0.5) is 0 Å². The van der Waals surface area contributed by atoms with Crippen molar-refractivity contribution in [2.75, 3.05) is 36.2 Å². The molecule has 2 nitrogen and oxygen atoms in total. The van der Waals surface area contributed by atoms with Gasteiger partial charge in [0.1, 0.15) is 0 Å². The molecule has 2 saturated heterocycles. The lowest BCUT2D eigenvalue weighted by Gasteiger charge is -2.08. The Hall–Kier alpha value is 1.72. The summed E-state index contributed by atoms with van der Waals surface area (Å²) in [5, 5.41) is 19.3. The predicted octanol–water partition coefficient (Wildman–Crippen LogP) is 5.05. The van der Waals surface area contributed by atoms with E-state index in [2.05, 4.69) is 12.1 Å². The Labute approximate surface area is 180 Å². The molecule has 2 aliphatic heterocycles. The van der Waals surface area contributed by atoms with Gasteiger partial charge in [-0.2, -0.15) is 0 Å². The first-order valence-corrected chi connectivity index (χ1v) is 15.1. The fraction of sp³-hybridized carbons (Fsp3) is 0.750. The summed E-state index contributed by atoms with van der Waals surface area (Å²) in [4.78, 5) is 0. The molecule has 0 bridgehead atoms. The lowest BCUT2D eigenvalue weighted by molar-refractivity contribution is 0.301. The van der Waals surface area contributed by atoms with Crippen molar-refractivity contribution in [3.05, 3.63) is 12.1 Å². The van der Waals surface area contributed by atoms with Crippen molar-refractivity contribution in [1.29, 1.82) is 0 Å². The molecule has 0 aromatic carbocycles. The van der Waals surface area contributed by atoms with Gasteiger partial charge in [-0.25, -0.2) is 0 Å². The van der Waals surface area contributed by atoms with Gasteiger partial charge in [0.15, 0.2) is 0 Å². The van der Waals surface area contributed by atoms with Crippen LogP contribution in [0.5, 0.6) is 0 Å². The number of aliphatic hydroxyl groups is 2. The summed E-state index contributed by atoms with van der Waals surface area (Å²) in [6.07, 6.45) is 2.44. The minimum Gasteiger partial charge on any atom is -0.395 e. The highest BCUT2D eigenvalue weighted by Crippen LogP contribution is 2.43. The van der Waals surface area contributed by atoms with Gasteiger partial charge in [-0.05, 0) is 25.0 Å². The third kappa shape index (κ3) is 7.24. The van der Waals surface area contributed by atoms with Crippen LogP contribution in [0.1, 0.15) is 12.8 Å². The summed E-state index contributed by atoms with van der Waals surface area (Å²) >= 11 is 13.8. The van der Waals surface area contributed by atoms with Crippen molar-refractivity contribution < 1.29 is 10.2 Å². The second-order valence-electron chi connectivity index (χ2n) is 5.75. The van der Waals surface area contributed by atoms with E-state index in [-0.39, 0.29) is 0 Å². The molecule has 25 heavy (non-hydrogen) atoms. The van der Waals surface area contributed by atoms with Gasteiger partial charge in [0.2, 0.25) is 0 Å². The normalized spacial score (nSPS) is 29.5. The van der Waals surface area contributed by atoms with Crippen molar-refractivity contribution in [3.8, 4) is 0 Å². The molecule has 2 fully saturated rings. The molecule has 4 atom stereocenters. The first-order chi connectivity index (χ1) is 12.3. The maximum atomic E-state index is 9.20. The second kappa shape index (κ2) is 11.7. The van der Waals surface area contributed by atoms with E-state index >= 15 is 0 Å². The zero-order valence-corrected chi connectivity index (χ0v) is 19.6. The van der Waals surface area contributed by atoms with E-state index in [1.807, 2.05) is 81.9 Å². The number of rotatable bonds is 10. The van der Waals surface area contributed by atoms with Crippen LogP contribution in [-0.2, 0) is 0 Å². The van der Waals surface area contributed by atoms with Gasteiger partial charge in [0.25, 0.3) is 0 Å². The van der Waals surface area contributed by atoms with Crippen LogP contribution in [0.3, 0.4) is 0 Å². The Morgan fingerprint density at radius 1 is 0.840 bits per heavy atom. The standard InChI is InChI=1S/C16H24O2S7/c17-7-11-9-21-15(23-11)3-5-19-13-1-2-14(25-13)20-6-4-16-22-10-12(8-18)24-16/h1-2,11-12,15-18H,3-10H2. The van der Waals surface area contributed by atoms with Gasteiger partial charge >= 0.3 is 0 Å². The minimum absolute atomic E-state index is 0.325. The predicted molar refractivity (Wildman–Crippen MR) is 124 cm³/mol. The highest BCUT2D eigenvalue weighted by molar-refractivity contribution is 8.21. The van der Waals surface area contributed by atoms with E-state index in [9.17, 15) is 10.2 Å². The third-order valence-electron chi connectivity index (χ3n) is 3.78. The van der Waals surface area contributed by atoms with Crippen LogP contribution in [0, 0.1) is 0 Å². The molecular formula is C16H24O2S7. The molecule has 3 rings (SSSR count). The number of thiophene rings is 1. The maximum absolute atomic E-state index is 9.20. The van der Waals surface area contributed by atoms with Crippen molar-refractivity contribution in [2.45, 2.75) is 40.9 Å². The van der Waals surface area contributed by atoms with Gasteiger partial charge in [-0.3, -0.25) is 0 Å². The zero-order valence-electron chi connectivity index (χ0n) is 13.9. The van der Waals surface area contributed by atoms with E-state index in [1.165, 1.54) is 32.8 Å². The molecule has 0 aliphatic carbocycles. The third-order valence-corrected chi connectivity index (χ3v) is 14.2. The number of hydrogen-bond donors (Lipinski definition) is 2. The van der Waals surface area contributed by atoms with Crippen LogP contribution in [0.25, 0.3) is 0 Å². The number of hydrogen-bond acceptors (Lipinski definition) is 9. The van der Waals surface area contributed by atoms with E-state index in [1.54, 1.807) is 0 Å². The molecule has 0 saturated carbocycles. The topological polar surface area (TPSA) is 40.5 Å². The molecular weight excluding hydrogens is 449 g/mol. The Kier molecular flexibility index (Phi) is 9.99. The molecule has 0 spiro atoms. The summed E-state index contributed by atoms with van der Waals surface area (Å²) in [6.45, 7) is 0.649. The Morgan fingerprint density at radius 2 is 1.32 bits per heavy atom. The Balaban J connectivity index is 1.28. The fourth-order valence-corrected chi connectivity index (χ4v) is 13.0. The Bertz CT molecular complexity index is 470. The van der Waals surface area contributed by atoms with Crippen molar-refractivity contribution in [1.82, 2.24) is 0 Å². The summed E-state index contributed by atoms with van der Waals surface area (Å²) in [7, 11) is 0. The molecule has 4 unspecified atom stereocenters. The fourth-order valence-electron chi connectivity index (χ4n) is 2.48. The summed E-state index contributed by atoms with van der Waals surface area (Å²) in [6, 6.07) is 4.54.